The van der Waals surface area contributed by atoms with Crippen LogP contribution in [-0.4, -0.2) is 38.4 Å². The fourth-order valence-corrected chi connectivity index (χ4v) is 4.64. The molecule has 0 N–H and O–H groups in total. The summed E-state index contributed by atoms with van der Waals surface area (Å²) < 4.78 is 2.21. The van der Waals surface area contributed by atoms with Gasteiger partial charge in [-0.3, -0.25) is 4.79 Å². The molecule has 0 spiro atoms. The molecule has 1 aromatic carbocycles. The summed E-state index contributed by atoms with van der Waals surface area (Å²) >= 11 is 1.65. The number of fused-ring (bicyclic) bond motifs is 1. The Hall–Kier alpha value is -2.21. The van der Waals surface area contributed by atoms with Gasteiger partial charge < -0.3 is 9.47 Å². The van der Waals surface area contributed by atoms with Gasteiger partial charge in [-0.15, -0.1) is 11.3 Å². The number of amides is 1. The predicted octanol–water partition coefficient (Wildman–Crippen LogP) is 3.68. The molecule has 0 aliphatic carbocycles. The molecule has 0 radical (unpaired) electrons. The highest BCUT2D eigenvalue weighted by atomic mass is 32.1. The fraction of sp³-hybridized carbons (Fsp3) is 0.450. The molecule has 0 bridgehead atoms. The number of imidazole rings is 1. The quantitative estimate of drug-likeness (QED) is 0.706. The second kappa shape index (κ2) is 7.19. The summed E-state index contributed by atoms with van der Waals surface area (Å²) in [4.78, 5) is 24.9. The maximum Gasteiger partial charge on any atom is 0.222 e. The van der Waals surface area contributed by atoms with Crippen molar-refractivity contribution in [2.45, 2.75) is 38.5 Å². The predicted molar refractivity (Wildman–Crippen MR) is 104 cm³/mol. The number of aromatic nitrogens is 3. The SMILES string of the molecule is Cc1ncsc1CCC(=O)N1CCC(c2nc3ccccc3n2C)CC1. The number of rotatable bonds is 4. The Labute approximate surface area is 157 Å². The molecule has 3 aromatic rings. The summed E-state index contributed by atoms with van der Waals surface area (Å²) in [6.45, 7) is 3.67. The van der Waals surface area contributed by atoms with E-state index in [1.165, 1.54) is 10.4 Å². The van der Waals surface area contributed by atoms with E-state index in [-0.39, 0.29) is 5.91 Å². The van der Waals surface area contributed by atoms with E-state index in [4.69, 9.17) is 4.98 Å². The van der Waals surface area contributed by atoms with Crippen LogP contribution in [0.25, 0.3) is 11.0 Å². The number of nitrogens with zero attached hydrogens (tertiary/aromatic N) is 4. The van der Waals surface area contributed by atoms with E-state index in [0.717, 1.165) is 49.4 Å². The first-order valence-corrected chi connectivity index (χ1v) is 10.1. The Morgan fingerprint density at radius 2 is 2.04 bits per heavy atom. The number of para-hydroxylation sites is 2. The molecule has 1 fully saturated rings. The van der Waals surface area contributed by atoms with Gasteiger partial charge in [-0.2, -0.15) is 0 Å². The molecule has 26 heavy (non-hydrogen) atoms. The van der Waals surface area contributed by atoms with Crippen molar-refractivity contribution < 1.29 is 4.79 Å². The van der Waals surface area contributed by atoms with E-state index >= 15 is 0 Å². The van der Waals surface area contributed by atoms with E-state index in [2.05, 4.69) is 34.8 Å². The minimum atomic E-state index is 0.265. The van der Waals surface area contributed by atoms with Crippen molar-refractivity contribution in [3.05, 3.63) is 46.2 Å². The monoisotopic (exact) mass is 368 g/mol. The molecule has 1 saturated heterocycles. The summed E-state index contributed by atoms with van der Waals surface area (Å²) in [6, 6.07) is 8.27. The van der Waals surface area contributed by atoms with E-state index < -0.39 is 0 Å². The topological polar surface area (TPSA) is 51.0 Å². The van der Waals surface area contributed by atoms with E-state index in [1.54, 1.807) is 11.3 Å². The maximum atomic E-state index is 12.5. The maximum absolute atomic E-state index is 12.5. The number of benzene rings is 1. The van der Waals surface area contributed by atoms with Gasteiger partial charge >= 0.3 is 0 Å². The minimum absolute atomic E-state index is 0.265. The minimum Gasteiger partial charge on any atom is -0.343 e. The van der Waals surface area contributed by atoms with Gasteiger partial charge in [0.2, 0.25) is 5.91 Å². The van der Waals surface area contributed by atoms with Gasteiger partial charge in [0.1, 0.15) is 5.82 Å². The Morgan fingerprint density at radius 3 is 2.73 bits per heavy atom. The number of thiazole rings is 1. The van der Waals surface area contributed by atoms with Gasteiger partial charge in [0, 0.05) is 37.4 Å². The van der Waals surface area contributed by atoms with Crippen molar-refractivity contribution in [3.63, 3.8) is 0 Å². The Morgan fingerprint density at radius 1 is 1.27 bits per heavy atom. The molecule has 1 aliphatic heterocycles. The van der Waals surface area contributed by atoms with Gasteiger partial charge in [0.05, 0.1) is 22.2 Å². The van der Waals surface area contributed by atoms with Crippen molar-refractivity contribution in [3.8, 4) is 0 Å². The van der Waals surface area contributed by atoms with E-state index in [0.29, 0.717) is 12.3 Å². The second-order valence-electron chi connectivity index (χ2n) is 7.03. The summed E-state index contributed by atoms with van der Waals surface area (Å²) in [5, 5.41) is 0. The van der Waals surface area contributed by atoms with Crippen LogP contribution in [0.4, 0.5) is 0 Å². The third-order valence-electron chi connectivity index (χ3n) is 5.45. The van der Waals surface area contributed by atoms with Crippen LogP contribution in [0.2, 0.25) is 0 Å². The van der Waals surface area contributed by atoms with Crippen LogP contribution in [0.3, 0.4) is 0 Å². The molecular weight excluding hydrogens is 344 g/mol. The number of carbonyl (C=O) groups excluding carboxylic acids is 1. The lowest BCUT2D eigenvalue weighted by atomic mass is 9.95. The Kier molecular flexibility index (Phi) is 4.76. The number of hydrogen-bond acceptors (Lipinski definition) is 4. The lowest BCUT2D eigenvalue weighted by Crippen LogP contribution is -2.38. The van der Waals surface area contributed by atoms with Crippen LogP contribution in [0, 0.1) is 6.92 Å². The highest BCUT2D eigenvalue weighted by molar-refractivity contribution is 7.09. The molecule has 0 atom stereocenters. The van der Waals surface area contributed by atoms with Crippen LogP contribution < -0.4 is 0 Å². The highest BCUT2D eigenvalue weighted by Crippen LogP contribution is 2.30. The lowest BCUT2D eigenvalue weighted by molar-refractivity contribution is -0.132. The summed E-state index contributed by atoms with van der Waals surface area (Å²) in [5.41, 5.74) is 5.16. The first kappa shape index (κ1) is 17.2. The van der Waals surface area contributed by atoms with Crippen molar-refractivity contribution in [2.75, 3.05) is 13.1 Å². The first-order valence-electron chi connectivity index (χ1n) is 9.21. The molecule has 3 heterocycles. The van der Waals surface area contributed by atoms with Gasteiger partial charge in [-0.05, 0) is 38.3 Å². The van der Waals surface area contributed by atoms with Crippen LogP contribution in [-0.2, 0) is 18.3 Å². The molecule has 4 rings (SSSR count). The molecular formula is C20H24N4OS. The average Bonchev–Trinajstić information content (AvgIpc) is 3.23. The van der Waals surface area contributed by atoms with Gasteiger partial charge in [0.15, 0.2) is 0 Å². The van der Waals surface area contributed by atoms with Gasteiger partial charge in [0.25, 0.3) is 0 Å². The molecule has 1 aliphatic rings. The van der Waals surface area contributed by atoms with Crippen molar-refractivity contribution in [1.29, 1.82) is 0 Å². The molecule has 5 nitrogen and oxygen atoms in total. The molecule has 6 heteroatoms. The zero-order valence-corrected chi connectivity index (χ0v) is 16.1. The highest BCUT2D eigenvalue weighted by Gasteiger charge is 2.26. The first-order chi connectivity index (χ1) is 12.6. The van der Waals surface area contributed by atoms with Crippen molar-refractivity contribution in [1.82, 2.24) is 19.4 Å². The van der Waals surface area contributed by atoms with E-state index in [9.17, 15) is 4.79 Å². The van der Waals surface area contributed by atoms with E-state index in [1.807, 2.05) is 23.4 Å². The Balaban J connectivity index is 1.36. The lowest BCUT2D eigenvalue weighted by Gasteiger charge is -2.31. The largest absolute Gasteiger partial charge is 0.343 e. The third kappa shape index (κ3) is 3.26. The zero-order valence-electron chi connectivity index (χ0n) is 15.3. The standard InChI is InChI=1S/C20H24N4OS/c1-14-18(26-13-21-14)7-8-19(25)24-11-9-15(10-12-24)20-22-16-5-3-4-6-17(16)23(20)2/h3-6,13,15H,7-12H2,1-2H3. The number of aryl methyl sites for hydroxylation is 3. The normalized spacial score (nSPS) is 15.7. The summed E-state index contributed by atoms with van der Waals surface area (Å²) in [7, 11) is 2.10. The third-order valence-corrected chi connectivity index (χ3v) is 6.44. The Bertz CT molecular complexity index is 921. The molecule has 136 valence electrons. The molecule has 0 unspecified atom stereocenters. The molecule has 0 saturated carbocycles. The average molecular weight is 369 g/mol. The summed E-state index contributed by atoms with van der Waals surface area (Å²) in [6.07, 6.45) is 3.37. The smallest absolute Gasteiger partial charge is 0.222 e. The number of likely N-dealkylation sites (tertiary alicyclic amines) is 1. The van der Waals surface area contributed by atoms with Gasteiger partial charge in [-0.1, -0.05) is 12.1 Å². The molecule has 1 amide bonds. The fourth-order valence-electron chi connectivity index (χ4n) is 3.86. The van der Waals surface area contributed by atoms with Crippen LogP contribution in [0.1, 0.15) is 41.6 Å². The van der Waals surface area contributed by atoms with Crippen molar-refractivity contribution >= 4 is 28.3 Å². The second-order valence-corrected chi connectivity index (χ2v) is 7.97. The zero-order chi connectivity index (χ0) is 18.1. The van der Waals surface area contributed by atoms with Gasteiger partial charge in [-0.25, -0.2) is 9.97 Å². The number of carbonyl (C=O) groups is 1. The van der Waals surface area contributed by atoms with Crippen LogP contribution >= 0.6 is 11.3 Å². The summed E-state index contributed by atoms with van der Waals surface area (Å²) in [5.74, 6) is 1.85. The van der Waals surface area contributed by atoms with Crippen molar-refractivity contribution in [2.24, 2.45) is 7.05 Å². The van der Waals surface area contributed by atoms with Crippen LogP contribution in [0.5, 0.6) is 0 Å². The van der Waals surface area contributed by atoms with Crippen LogP contribution in [0.15, 0.2) is 29.8 Å². The number of hydrogen-bond donors (Lipinski definition) is 0. The number of piperidine rings is 1. The molecule has 2 aromatic heterocycles.